The molecule has 0 aromatic heterocycles. The minimum Gasteiger partial charge on any atom is -0.365 e. The summed E-state index contributed by atoms with van der Waals surface area (Å²) in [7, 11) is 0. The maximum absolute atomic E-state index is 6.20. The Balaban J connectivity index is 2.33. The maximum Gasteiger partial charge on any atom is 0.0595 e. The summed E-state index contributed by atoms with van der Waals surface area (Å²) in [4.78, 5) is 2.44. The largest absolute Gasteiger partial charge is 0.365 e. The van der Waals surface area contributed by atoms with Crippen LogP contribution >= 0.6 is 27.5 Å². The summed E-state index contributed by atoms with van der Waals surface area (Å²) in [6.07, 6.45) is 1.12. The number of rotatable bonds is 2. The number of hydrogen-bond acceptors (Lipinski definition) is 2. The van der Waals surface area contributed by atoms with Crippen LogP contribution in [-0.2, 0) is 0 Å². The van der Waals surface area contributed by atoms with Gasteiger partial charge in [0.25, 0.3) is 0 Å². The molecule has 2 unspecified atom stereocenters. The Bertz CT molecular complexity index is 438. The van der Waals surface area contributed by atoms with Crippen molar-refractivity contribution in [3.05, 3.63) is 27.7 Å². The van der Waals surface area contributed by atoms with E-state index in [1.54, 1.807) is 0 Å². The van der Waals surface area contributed by atoms with Gasteiger partial charge in [-0.25, -0.2) is 0 Å². The van der Waals surface area contributed by atoms with Crippen LogP contribution in [-0.4, -0.2) is 24.7 Å². The summed E-state index contributed by atoms with van der Waals surface area (Å²) in [5.74, 6) is 0. The van der Waals surface area contributed by atoms with E-state index in [9.17, 15) is 0 Å². The van der Waals surface area contributed by atoms with Crippen molar-refractivity contribution in [2.45, 2.75) is 38.8 Å². The molecule has 1 aromatic rings. The fourth-order valence-electron chi connectivity index (χ4n) is 2.37. The number of nitrogens with one attached hydrogen (secondary N) is 1. The zero-order valence-corrected chi connectivity index (χ0v) is 13.5. The van der Waals surface area contributed by atoms with Crippen molar-refractivity contribution < 1.29 is 0 Å². The molecule has 0 spiro atoms. The third-order valence-electron chi connectivity index (χ3n) is 3.90. The van der Waals surface area contributed by atoms with Gasteiger partial charge in [-0.05, 0) is 48.3 Å². The van der Waals surface area contributed by atoms with Crippen LogP contribution < -0.4 is 10.2 Å². The number of benzene rings is 1. The third-order valence-corrected chi connectivity index (χ3v) is 5.27. The Hall–Kier alpha value is -0.250. The van der Waals surface area contributed by atoms with Crippen LogP contribution in [0.5, 0.6) is 0 Å². The lowest BCUT2D eigenvalue weighted by atomic mass is 9.93. The Morgan fingerprint density at radius 1 is 1.56 bits per heavy atom. The molecule has 1 saturated heterocycles. The Kier molecular flexibility index (Phi) is 4.25. The van der Waals surface area contributed by atoms with Crippen LogP contribution in [0.15, 0.2) is 22.7 Å². The van der Waals surface area contributed by atoms with E-state index in [4.69, 9.17) is 11.6 Å². The van der Waals surface area contributed by atoms with E-state index in [1.807, 2.05) is 12.1 Å². The second-order valence-corrected chi connectivity index (χ2v) is 6.55. The summed E-state index contributed by atoms with van der Waals surface area (Å²) in [6, 6.07) is 6.54. The van der Waals surface area contributed by atoms with Gasteiger partial charge in [0, 0.05) is 24.7 Å². The van der Waals surface area contributed by atoms with E-state index in [0.29, 0.717) is 6.04 Å². The first-order valence-electron chi connectivity index (χ1n) is 6.42. The second kappa shape index (κ2) is 5.40. The fourth-order valence-corrected chi connectivity index (χ4v) is 3.03. The number of halogens is 2. The topological polar surface area (TPSA) is 15.3 Å². The molecule has 100 valence electrons. The lowest BCUT2D eigenvalue weighted by Gasteiger charge is -2.46. The van der Waals surface area contributed by atoms with E-state index in [-0.39, 0.29) is 5.54 Å². The molecule has 1 N–H and O–H groups in total. The molecule has 0 bridgehead atoms. The Morgan fingerprint density at radius 3 is 2.94 bits per heavy atom. The van der Waals surface area contributed by atoms with E-state index >= 15 is 0 Å². The molecule has 1 aliphatic rings. The van der Waals surface area contributed by atoms with Gasteiger partial charge >= 0.3 is 0 Å². The highest BCUT2D eigenvalue weighted by atomic mass is 79.9. The van der Waals surface area contributed by atoms with Crippen molar-refractivity contribution in [1.29, 1.82) is 0 Å². The average molecular weight is 332 g/mol. The molecule has 2 nitrogen and oxygen atoms in total. The van der Waals surface area contributed by atoms with E-state index in [2.05, 4.69) is 53.0 Å². The molecule has 0 amide bonds. The van der Waals surface area contributed by atoms with Crippen molar-refractivity contribution in [3.63, 3.8) is 0 Å². The second-order valence-electron chi connectivity index (χ2n) is 5.34. The standard InChI is InChI=1S/C14H20BrClN2/c1-4-14(3)9-18(10(2)8-17-14)12-7-5-6-11(16)13(12)15/h5-7,10,17H,4,8-9H2,1-3H3. The lowest BCUT2D eigenvalue weighted by molar-refractivity contribution is 0.285. The van der Waals surface area contributed by atoms with Gasteiger partial charge in [-0.1, -0.05) is 24.6 Å². The molecular formula is C14H20BrClN2. The van der Waals surface area contributed by atoms with Gasteiger partial charge in [0.05, 0.1) is 15.2 Å². The van der Waals surface area contributed by atoms with Crippen molar-refractivity contribution in [3.8, 4) is 0 Å². The van der Waals surface area contributed by atoms with Crippen LogP contribution in [0.3, 0.4) is 0 Å². The van der Waals surface area contributed by atoms with Crippen LogP contribution in [0.1, 0.15) is 27.2 Å². The number of hydrogen-bond donors (Lipinski definition) is 1. The summed E-state index contributed by atoms with van der Waals surface area (Å²) in [5.41, 5.74) is 1.37. The molecule has 4 heteroatoms. The first kappa shape index (κ1) is 14.2. The normalized spacial score (nSPS) is 28.5. The fraction of sp³-hybridized carbons (Fsp3) is 0.571. The molecule has 2 atom stereocenters. The van der Waals surface area contributed by atoms with Gasteiger partial charge in [-0.3, -0.25) is 0 Å². The Labute approximate surface area is 123 Å². The van der Waals surface area contributed by atoms with Crippen molar-refractivity contribution in [2.24, 2.45) is 0 Å². The minimum atomic E-state index is 0.175. The molecule has 0 saturated carbocycles. The number of piperazine rings is 1. The van der Waals surface area contributed by atoms with Gasteiger partial charge in [0.1, 0.15) is 0 Å². The summed E-state index contributed by atoms with van der Waals surface area (Å²) >= 11 is 9.81. The van der Waals surface area contributed by atoms with Gasteiger partial charge in [-0.2, -0.15) is 0 Å². The number of anilines is 1. The molecular weight excluding hydrogens is 312 g/mol. The van der Waals surface area contributed by atoms with Gasteiger partial charge in [-0.15, -0.1) is 0 Å². The van der Waals surface area contributed by atoms with Crippen LogP contribution in [0.4, 0.5) is 5.69 Å². The molecule has 2 rings (SSSR count). The SMILES string of the molecule is CCC1(C)CN(c2cccc(Cl)c2Br)C(C)CN1. The van der Waals surface area contributed by atoms with E-state index in [1.165, 1.54) is 5.69 Å². The maximum atomic E-state index is 6.20. The van der Waals surface area contributed by atoms with Gasteiger partial charge in [0.2, 0.25) is 0 Å². The highest BCUT2D eigenvalue weighted by Crippen LogP contribution is 2.35. The van der Waals surface area contributed by atoms with Gasteiger partial charge < -0.3 is 10.2 Å². The quantitative estimate of drug-likeness (QED) is 0.879. The van der Waals surface area contributed by atoms with Crippen LogP contribution in [0.25, 0.3) is 0 Å². The first-order chi connectivity index (χ1) is 8.47. The van der Waals surface area contributed by atoms with Crippen LogP contribution in [0.2, 0.25) is 5.02 Å². The first-order valence-corrected chi connectivity index (χ1v) is 7.59. The molecule has 1 fully saturated rings. The zero-order chi connectivity index (χ0) is 13.3. The van der Waals surface area contributed by atoms with Crippen molar-refractivity contribution in [1.82, 2.24) is 5.32 Å². The van der Waals surface area contributed by atoms with E-state index < -0.39 is 0 Å². The third kappa shape index (κ3) is 2.68. The summed E-state index contributed by atoms with van der Waals surface area (Å²) < 4.78 is 0.999. The van der Waals surface area contributed by atoms with Gasteiger partial charge in [0.15, 0.2) is 0 Å². The molecule has 0 radical (unpaired) electrons. The molecule has 1 aromatic carbocycles. The predicted molar refractivity (Wildman–Crippen MR) is 82.7 cm³/mol. The van der Waals surface area contributed by atoms with Crippen molar-refractivity contribution >= 4 is 33.2 Å². The average Bonchev–Trinajstić information content (AvgIpc) is 2.36. The van der Waals surface area contributed by atoms with Crippen molar-refractivity contribution in [2.75, 3.05) is 18.0 Å². The lowest BCUT2D eigenvalue weighted by Crippen LogP contribution is -2.62. The summed E-state index contributed by atoms with van der Waals surface area (Å²) in [5, 5.41) is 4.41. The highest BCUT2D eigenvalue weighted by Gasteiger charge is 2.33. The summed E-state index contributed by atoms with van der Waals surface area (Å²) in [6.45, 7) is 8.76. The van der Waals surface area contributed by atoms with E-state index in [0.717, 1.165) is 29.0 Å². The molecule has 1 aliphatic heterocycles. The Morgan fingerprint density at radius 2 is 2.28 bits per heavy atom. The smallest absolute Gasteiger partial charge is 0.0595 e. The molecule has 18 heavy (non-hydrogen) atoms. The minimum absolute atomic E-state index is 0.175. The predicted octanol–water partition coefficient (Wildman–Crippen LogP) is 4.07. The molecule has 1 heterocycles. The van der Waals surface area contributed by atoms with Crippen LogP contribution in [0, 0.1) is 0 Å². The monoisotopic (exact) mass is 330 g/mol. The number of nitrogens with zero attached hydrogens (tertiary/aromatic N) is 1. The highest BCUT2D eigenvalue weighted by molar-refractivity contribution is 9.10. The molecule has 0 aliphatic carbocycles. The zero-order valence-electron chi connectivity index (χ0n) is 11.1.